The molecular weight excluding hydrogens is 294 g/mol. The Morgan fingerprint density at radius 3 is 2.68 bits per heavy atom. The number of nitro groups is 1. The number of nitrogens with one attached hydrogen (secondary N) is 1. The van der Waals surface area contributed by atoms with Gasteiger partial charge in [0.05, 0.1) is 16.1 Å². The van der Waals surface area contributed by atoms with E-state index in [1.54, 1.807) is 0 Å². The smallest absolute Gasteiger partial charge is 0.277 e. The lowest BCUT2D eigenvalue weighted by molar-refractivity contribution is -0.386. The predicted octanol–water partition coefficient (Wildman–Crippen LogP) is -0.153. The standard InChI is InChI=1S/C13H11N3O6/c17-9-5-4-8(11(18)14-9)15-12(19)6-2-1-3-7(16(21)22)10(6)13(15)20/h1-3,8,13,20H,4-5H2,(H,14,17,18). The molecule has 1 saturated heterocycles. The quantitative estimate of drug-likeness (QED) is 0.444. The van der Waals surface area contributed by atoms with Gasteiger partial charge >= 0.3 is 0 Å². The van der Waals surface area contributed by atoms with Crippen LogP contribution in [-0.4, -0.2) is 38.7 Å². The summed E-state index contributed by atoms with van der Waals surface area (Å²) in [5.41, 5.74) is -0.512. The average Bonchev–Trinajstić information content (AvgIpc) is 2.72. The fourth-order valence-electron chi connectivity index (χ4n) is 2.82. The lowest BCUT2D eigenvalue weighted by Gasteiger charge is -2.31. The highest BCUT2D eigenvalue weighted by atomic mass is 16.6. The van der Waals surface area contributed by atoms with Gasteiger partial charge in [-0.05, 0) is 12.5 Å². The maximum atomic E-state index is 12.4. The van der Waals surface area contributed by atoms with Crippen molar-refractivity contribution in [1.29, 1.82) is 0 Å². The van der Waals surface area contributed by atoms with Gasteiger partial charge in [0.15, 0.2) is 6.23 Å². The average molecular weight is 305 g/mol. The second-order valence-electron chi connectivity index (χ2n) is 5.05. The summed E-state index contributed by atoms with van der Waals surface area (Å²) < 4.78 is 0. The zero-order chi connectivity index (χ0) is 16.0. The summed E-state index contributed by atoms with van der Waals surface area (Å²) in [5, 5.41) is 23.5. The Labute approximate surface area is 123 Å². The Hall–Kier alpha value is -2.81. The Balaban J connectivity index is 2.02. The van der Waals surface area contributed by atoms with Crippen molar-refractivity contribution < 1.29 is 24.4 Å². The maximum Gasteiger partial charge on any atom is 0.277 e. The molecule has 0 radical (unpaired) electrons. The Bertz CT molecular complexity index is 716. The summed E-state index contributed by atoms with van der Waals surface area (Å²) in [6.45, 7) is 0. The van der Waals surface area contributed by atoms with Crippen LogP contribution in [0.15, 0.2) is 18.2 Å². The highest BCUT2D eigenvalue weighted by Crippen LogP contribution is 2.39. The third kappa shape index (κ3) is 1.94. The fourth-order valence-corrected chi connectivity index (χ4v) is 2.82. The molecule has 2 heterocycles. The van der Waals surface area contributed by atoms with Gasteiger partial charge in [-0.3, -0.25) is 34.7 Å². The van der Waals surface area contributed by atoms with Gasteiger partial charge in [-0.2, -0.15) is 0 Å². The van der Waals surface area contributed by atoms with Crippen molar-refractivity contribution in [2.24, 2.45) is 0 Å². The minimum atomic E-state index is -1.59. The monoisotopic (exact) mass is 305 g/mol. The number of rotatable bonds is 2. The van der Waals surface area contributed by atoms with E-state index >= 15 is 0 Å². The molecule has 9 heteroatoms. The Morgan fingerprint density at radius 2 is 2.05 bits per heavy atom. The molecule has 0 aromatic heterocycles. The van der Waals surface area contributed by atoms with E-state index in [0.717, 1.165) is 4.90 Å². The van der Waals surface area contributed by atoms with E-state index in [0.29, 0.717) is 0 Å². The van der Waals surface area contributed by atoms with E-state index < -0.39 is 34.9 Å². The molecule has 0 bridgehead atoms. The second kappa shape index (κ2) is 4.88. The summed E-state index contributed by atoms with van der Waals surface area (Å²) in [6, 6.07) is 2.85. The van der Waals surface area contributed by atoms with Crippen LogP contribution in [-0.2, 0) is 9.59 Å². The van der Waals surface area contributed by atoms with Gasteiger partial charge in [0.25, 0.3) is 11.6 Å². The lowest BCUT2D eigenvalue weighted by atomic mass is 10.0. The van der Waals surface area contributed by atoms with Crippen molar-refractivity contribution in [3.8, 4) is 0 Å². The van der Waals surface area contributed by atoms with Gasteiger partial charge in [-0.25, -0.2) is 0 Å². The van der Waals surface area contributed by atoms with Crippen molar-refractivity contribution in [1.82, 2.24) is 10.2 Å². The van der Waals surface area contributed by atoms with Gasteiger partial charge in [-0.15, -0.1) is 0 Å². The Morgan fingerprint density at radius 1 is 1.32 bits per heavy atom. The van der Waals surface area contributed by atoms with Crippen LogP contribution in [0.25, 0.3) is 0 Å². The molecule has 2 unspecified atom stereocenters. The summed E-state index contributed by atoms with van der Waals surface area (Å²) in [7, 11) is 0. The van der Waals surface area contributed by atoms with Crippen LogP contribution in [0.4, 0.5) is 5.69 Å². The summed E-state index contributed by atoms with van der Waals surface area (Å²) in [4.78, 5) is 46.7. The van der Waals surface area contributed by atoms with Crippen molar-refractivity contribution in [2.75, 3.05) is 0 Å². The van der Waals surface area contributed by atoms with E-state index in [1.165, 1.54) is 18.2 Å². The van der Waals surface area contributed by atoms with E-state index in [1.807, 2.05) is 0 Å². The number of aliphatic hydroxyl groups is 1. The highest BCUT2D eigenvalue weighted by Gasteiger charge is 2.47. The topological polar surface area (TPSA) is 130 Å². The molecule has 3 rings (SSSR count). The van der Waals surface area contributed by atoms with E-state index in [4.69, 9.17) is 0 Å². The number of nitro benzene ring substituents is 1. The number of imide groups is 1. The van der Waals surface area contributed by atoms with Crippen molar-refractivity contribution in [2.45, 2.75) is 25.1 Å². The molecule has 9 nitrogen and oxygen atoms in total. The SMILES string of the molecule is O=C1CCC(N2C(=O)c3cccc([N+](=O)[O-])c3C2O)C(=O)N1. The number of carbonyl (C=O) groups excluding carboxylic acids is 3. The number of aliphatic hydroxyl groups excluding tert-OH is 1. The number of amides is 3. The molecule has 22 heavy (non-hydrogen) atoms. The lowest BCUT2D eigenvalue weighted by Crippen LogP contribution is -2.53. The first kappa shape index (κ1) is 14.1. The minimum absolute atomic E-state index is 0.00796. The van der Waals surface area contributed by atoms with Crippen molar-refractivity contribution in [3.63, 3.8) is 0 Å². The van der Waals surface area contributed by atoms with Gasteiger partial charge < -0.3 is 5.11 Å². The van der Waals surface area contributed by atoms with Gasteiger partial charge in [0.1, 0.15) is 6.04 Å². The van der Waals surface area contributed by atoms with Crippen LogP contribution >= 0.6 is 0 Å². The van der Waals surface area contributed by atoms with Crippen molar-refractivity contribution >= 4 is 23.4 Å². The largest absolute Gasteiger partial charge is 0.369 e. The van der Waals surface area contributed by atoms with Gasteiger partial charge in [-0.1, -0.05) is 6.07 Å². The number of piperidine rings is 1. The minimum Gasteiger partial charge on any atom is -0.369 e. The molecule has 0 saturated carbocycles. The van der Waals surface area contributed by atoms with Crippen LogP contribution < -0.4 is 5.32 Å². The molecule has 3 amide bonds. The molecule has 1 aromatic carbocycles. The molecule has 2 aliphatic heterocycles. The number of hydrogen-bond donors (Lipinski definition) is 2. The van der Waals surface area contributed by atoms with Crippen LogP contribution in [0, 0.1) is 10.1 Å². The number of hydrogen-bond acceptors (Lipinski definition) is 6. The summed E-state index contributed by atoms with van der Waals surface area (Å²) in [5.74, 6) is -1.81. The number of carbonyl (C=O) groups is 3. The number of nitrogens with zero attached hydrogens (tertiary/aromatic N) is 2. The number of benzene rings is 1. The molecule has 2 aliphatic rings. The van der Waals surface area contributed by atoms with Crippen LogP contribution in [0.2, 0.25) is 0 Å². The third-order valence-corrected chi connectivity index (χ3v) is 3.81. The first-order valence-electron chi connectivity index (χ1n) is 6.53. The van der Waals surface area contributed by atoms with Crippen LogP contribution in [0.3, 0.4) is 0 Å². The molecule has 0 aliphatic carbocycles. The van der Waals surface area contributed by atoms with Gasteiger partial charge in [0.2, 0.25) is 11.8 Å². The molecule has 2 atom stereocenters. The molecular formula is C13H11N3O6. The molecule has 0 spiro atoms. The normalized spacial score (nSPS) is 24.2. The zero-order valence-electron chi connectivity index (χ0n) is 11.2. The van der Waals surface area contributed by atoms with Gasteiger partial charge in [0, 0.05) is 12.5 Å². The second-order valence-corrected chi connectivity index (χ2v) is 5.05. The fraction of sp³-hybridized carbons (Fsp3) is 0.308. The first-order valence-corrected chi connectivity index (χ1v) is 6.53. The third-order valence-electron chi connectivity index (χ3n) is 3.81. The van der Waals surface area contributed by atoms with E-state index in [-0.39, 0.29) is 29.7 Å². The highest BCUT2D eigenvalue weighted by molar-refractivity contribution is 6.06. The van der Waals surface area contributed by atoms with Crippen molar-refractivity contribution in [3.05, 3.63) is 39.4 Å². The zero-order valence-corrected chi connectivity index (χ0v) is 11.2. The molecule has 114 valence electrons. The van der Waals surface area contributed by atoms with E-state index in [9.17, 15) is 29.6 Å². The first-order chi connectivity index (χ1) is 10.4. The van der Waals surface area contributed by atoms with Crippen LogP contribution in [0.1, 0.15) is 35.0 Å². The molecule has 1 aromatic rings. The summed E-state index contributed by atoms with van der Waals surface area (Å²) in [6.07, 6.45) is -1.49. The number of fused-ring (bicyclic) bond motifs is 1. The van der Waals surface area contributed by atoms with Crippen LogP contribution in [0.5, 0.6) is 0 Å². The Kier molecular flexibility index (Phi) is 3.14. The molecule has 2 N–H and O–H groups in total. The maximum absolute atomic E-state index is 12.4. The summed E-state index contributed by atoms with van der Waals surface area (Å²) >= 11 is 0. The van der Waals surface area contributed by atoms with E-state index in [2.05, 4.69) is 5.32 Å². The predicted molar refractivity (Wildman–Crippen MR) is 70.4 cm³/mol. The molecule has 1 fully saturated rings.